The van der Waals surface area contributed by atoms with Crippen molar-refractivity contribution in [3.05, 3.63) is 29.6 Å². The zero-order valence-corrected chi connectivity index (χ0v) is 9.50. The molecule has 1 heterocycles. The molecule has 0 aliphatic rings. The largest absolute Gasteiger partial charge is 0.351 e. The third kappa shape index (κ3) is 3.58. The molecular weight excluding hydrogens is 190 g/mol. The Kier molecular flexibility index (Phi) is 3.66. The first-order valence-electron chi connectivity index (χ1n) is 4.91. The number of aromatic nitrogens is 2. The van der Waals surface area contributed by atoms with Crippen molar-refractivity contribution in [2.24, 2.45) is 0 Å². The molecule has 4 heteroatoms. The summed E-state index contributed by atoms with van der Waals surface area (Å²) in [5.74, 6) is -0.0378. The zero-order chi connectivity index (χ0) is 11.4. The van der Waals surface area contributed by atoms with Gasteiger partial charge >= 0.3 is 0 Å². The van der Waals surface area contributed by atoms with E-state index in [9.17, 15) is 4.79 Å². The lowest BCUT2D eigenvalue weighted by Crippen LogP contribution is -2.29. The molecule has 0 bridgehead atoms. The van der Waals surface area contributed by atoms with E-state index in [1.807, 2.05) is 26.8 Å². The first kappa shape index (κ1) is 11.5. The summed E-state index contributed by atoms with van der Waals surface area (Å²) >= 11 is 0. The predicted octanol–water partition coefficient (Wildman–Crippen LogP) is 1.19. The summed E-state index contributed by atoms with van der Waals surface area (Å²) in [7, 11) is 0. The topological polar surface area (TPSA) is 46.9 Å². The minimum atomic E-state index is -0.0378. The molecule has 82 valence electrons. The molecule has 1 N–H and O–H groups in total. The number of hydrogen-bond acceptors (Lipinski definition) is 2. The Labute approximate surface area is 90.0 Å². The highest BCUT2D eigenvalue weighted by Crippen LogP contribution is 2.00. The maximum Gasteiger partial charge on any atom is 0.241 e. The number of carbonyl (C=O) groups is 1. The third-order valence-electron chi connectivity index (χ3n) is 1.98. The van der Waals surface area contributed by atoms with E-state index in [2.05, 4.69) is 17.0 Å². The van der Waals surface area contributed by atoms with Gasteiger partial charge in [0.1, 0.15) is 6.54 Å². The number of aryl methyl sites for hydroxylation is 2. The molecule has 1 amide bonds. The summed E-state index contributed by atoms with van der Waals surface area (Å²) in [6.07, 6.45) is 0. The Morgan fingerprint density at radius 3 is 2.73 bits per heavy atom. The average molecular weight is 207 g/mol. The van der Waals surface area contributed by atoms with Crippen molar-refractivity contribution in [3.8, 4) is 0 Å². The molecule has 0 aliphatic carbocycles. The maximum atomic E-state index is 11.5. The molecule has 0 aromatic carbocycles. The van der Waals surface area contributed by atoms with E-state index in [0.29, 0.717) is 6.54 Å². The van der Waals surface area contributed by atoms with Gasteiger partial charge in [-0.1, -0.05) is 12.2 Å². The Hall–Kier alpha value is -1.58. The monoisotopic (exact) mass is 207 g/mol. The molecule has 0 fully saturated rings. The molecule has 0 saturated heterocycles. The molecule has 0 saturated carbocycles. The highest BCUT2D eigenvalue weighted by Gasteiger charge is 2.05. The van der Waals surface area contributed by atoms with Crippen LogP contribution in [0.1, 0.15) is 18.3 Å². The van der Waals surface area contributed by atoms with E-state index in [-0.39, 0.29) is 12.5 Å². The summed E-state index contributed by atoms with van der Waals surface area (Å²) in [5, 5.41) is 6.98. The smallest absolute Gasteiger partial charge is 0.241 e. The van der Waals surface area contributed by atoms with Gasteiger partial charge in [-0.3, -0.25) is 9.48 Å². The van der Waals surface area contributed by atoms with Crippen molar-refractivity contribution in [1.29, 1.82) is 0 Å². The lowest BCUT2D eigenvalue weighted by molar-refractivity contribution is -0.121. The van der Waals surface area contributed by atoms with Gasteiger partial charge in [-0.25, -0.2) is 0 Å². The van der Waals surface area contributed by atoms with Crippen LogP contribution in [0.2, 0.25) is 0 Å². The van der Waals surface area contributed by atoms with Gasteiger partial charge in [-0.2, -0.15) is 5.10 Å². The zero-order valence-electron chi connectivity index (χ0n) is 9.50. The van der Waals surface area contributed by atoms with Crippen molar-refractivity contribution < 1.29 is 4.79 Å². The Morgan fingerprint density at radius 2 is 2.27 bits per heavy atom. The molecule has 0 unspecified atom stereocenters. The summed E-state index contributed by atoms with van der Waals surface area (Å²) in [5.41, 5.74) is 2.87. The SMILES string of the molecule is C=C(C)CNC(=O)Cn1nc(C)cc1C. The van der Waals surface area contributed by atoms with Gasteiger partial charge < -0.3 is 5.32 Å². The van der Waals surface area contributed by atoms with Crippen LogP contribution in [-0.4, -0.2) is 22.2 Å². The summed E-state index contributed by atoms with van der Waals surface area (Å²) in [6, 6.07) is 1.95. The molecule has 1 rings (SSSR count). The average Bonchev–Trinajstić information content (AvgIpc) is 2.42. The Morgan fingerprint density at radius 1 is 1.60 bits per heavy atom. The van der Waals surface area contributed by atoms with E-state index < -0.39 is 0 Å². The summed E-state index contributed by atoms with van der Waals surface area (Å²) in [6.45, 7) is 10.2. The standard InChI is InChI=1S/C11H17N3O/c1-8(2)6-12-11(15)7-14-10(4)5-9(3)13-14/h5H,1,6-7H2,2-4H3,(H,12,15). The quantitative estimate of drug-likeness (QED) is 0.754. The molecule has 0 aliphatic heterocycles. The van der Waals surface area contributed by atoms with Crippen LogP contribution in [0.3, 0.4) is 0 Å². The van der Waals surface area contributed by atoms with Crippen LogP contribution in [0.15, 0.2) is 18.2 Å². The van der Waals surface area contributed by atoms with Crippen LogP contribution in [0.25, 0.3) is 0 Å². The molecular formula is C11H17N3O. The van der Waals surface area contributed by atoms with Crippen LogP contribution >= 0.6 is 0 Å². The third-order valence-corrected chi connectivity index (χ3v) is 1.98. The van der Waals surface area contributed by atoms with Crippen molar-refractivity contribution in [2.45, 2.75) is 27.3 Å². The molecule has 1 aromatic rings. The second-order valence-corrected chi connectivity index (χ2v) is 3.82. The molecule has 0 radical (unpaired) electrons. The van der Waals surface area contributed by atoms with E-state index in [0.717, 1.165) is 17.0 Å². The Balaban J connectivity index is 2.51. The minimum absolute atomic E-state index is 0.0378. The van der Waals surface area contributed by atoms with Gasteiger partial charge in [0.05, 0.1) is 5.69 Å². The minimum Gasteiger partial charge on any atom is -0.351 e. The van der Waals surface area contributed by atoms with Gasteiger partial charge in [0.25, 0.3) is 0 Å². The number of hydrogen-bond donors (Lipinski definition) is 1. The van der Waals surface area contributed by atoms with E-state index in [1.54, 1.807) is 4.68 Å². The van der Waals surface area contributed by atoms with Gasteiger partial charge in [0.15, 0.2) is 0 Å². The fourth-order valence-corrected chi connectivity index (χ4v) is 1.28. The first-order valence-corrected chi connectivity index (χ1v) is 4.91. The van der Waals surface area contributed by atoms with Crippen molar-refractivity contribution in [2.75, 3.05) is 6.54 Å². The summed E-state index contributed by atoms with van der Waals surface area (Å²) in [4.78, 5) is 11.5. The summed E-state index contributed by atoms with van der Waals surface area (Å²) < 4.78 is 1.70. The molecule has 15 heavy (non-hydrogen) atoms. The number of nitrogens with zero attached hydrogens (tertiary/aromatic N) is 2. The van der Waals surface area contributed by atoms with Crippen LogP contribution in [-0.2, 0) is 11.3 Å². The van der Waals surface area contributed by atoms with Gasteiger partial charge in [0.2, 0.25) is 5.91 Å². The second kappa shape index (κ2) is 4.77. The van der Waals surface area contributed by atoms with Crippen molar-refractivity contribution in [3.63, 3.8) is 0 Å². The maximum absolute atomic E-state index is 11.5. The Bertz CT molecular complexity index is 379. The van der Waals surface area contributed by atoms with Gasteiger partial charge in [0, 0.05) is 12.2 Å². The first-order chi connectivity index (χ1) is 6.99. The van der Waals surface area contributed by atoms with Crippen LogP contribution in [0, 0.1) is 13.8 Å². The number of carbonyl (C=O) groups excluding carboxylic acids is 1. The fourth-order valence-electron chi connectivity index (χ4n) is 1.28. The lowest BCUT2D eigenvalue weighted by Gasteiger charge is -2.06. The number of nitrogens with one attached hydrogen (secondary N) is 1. The molecule has 4 nitrogen and oxygen atoms in total. The van der Waals surface area contributed by atoms with Crippen LogP contribution in [0.5, 0.6) is 0 Å². The highest BCUT2D eigenvalue weighted by molar-refractivity contribution is 5.75. The second-order valence-electron chi connectivity index (χ2n) is 3.82. The highest BCUT2D eigenvalue weighted by atomic mass is 16.2. The fraction of sp³-hybridized carbons (Fsp3) is 0.455. The predicted molar refractivity (Wildman–Crippen MR) is 59.5 cm³/mol. The molecule has 0 atom stereocenters. The lowest BCUT2D eigenvalue weighted by atomic mass is 10.3. The normalized spacial score (nSPS) is 10.1. The van der Waals surface area contributed by atoms with E-state index in [1.165, 1.54) is 0 Å². The van der Waals surface area contributed by atoms with E-state index in [4.69, 9.17) is 0 Å². The molecule has 0 spiro atoms. The van der Waals surface area contributed by atoms with Crippen LogP contribution in [0.4, 0.5) is 0 Å². The van der Waals surface area contributed by atoms with Crippen molar-refractivity contribution >= 4 is 5.91 Å². The van der Waals surface area contributed by atoms with E-state index >= 15 is 0 Å². The van der Waals surface area contributed by atoms with Gasteiger partial charge in [-0.05, 0) is 26.8 Å². The van der Waals surface area contributed by atoms with Crippen LogP contribution < -0.4 is 5.32 Å². The number of rotatable bonds is 4. The van der Waals surface area contributed by atoms with Gasteiger partial charge in [-0.15, -0.1) is 0 Å². The number of amides is 1. The molecule has 1 aromatic heterocycles. The van der Waals surface area contributed by atoms with Crippen molar-refractivity contribution in [1.82, 2.24) is 15.1 Å².